The first-order chi connectivity index (χ1) is 11.1. The van der Waals surface area contributed by atoms with Crippen molar-refractivity contribution in [3.8, 4) is 11.5 Å². The Morgan fingerprint density at radius 1 is 1.17 bits per heavy atom. The zero-order valence-corrected chi connectivity index (χ0v) is 13.4. The molecular weight excluding hydrogens is 292 g/mol. The standard InChI is InChI=1S/C18H20N2O3/c1-13(16-7-5-4-6-8-16)23-17-10-9-15(11-18(17)22-3)12-19-20-14(2)21/h4-13H,1-3H3,(H,20,21)/b19-12-/t13-/m1/s1. The van der Waals surface area contributed by atoms with E-state index in [2.05, 4.69) is 10.5 Å². The van der Waals surface area contributed by atoms with Crippen LogP contribution in [0.15, 0.2) is 53.6 Å². The summed E-state index contributed by atoms with van der Waals surface area (Å²) >= 11 is 0. The second-order valence-electron chi connectivity index (χ2n) is 5.01. The highest BCUT2D eigenvalue weighted by molar-refractivity contribution is 5.82. The van der Waals surface area contributed by atoms with Gasteiger partial charge in [-0.05, 0) is 36.2 Å². The highest BCUT2D eigenvalue weighted by atomic mass is 16.5. The van der Waals surface area contributed by atoms with Gasteiger partial charge < -0.3 is 9.47 Å². The molecule has 0 spiro atoms. The van der Waals surface area contributed by atoms with Crippen LogP contribution in [0.4, 0.5) is 0 Å². The van der Waals surface area contributed by atoms with Crippen LogP contribution in [0, 0.1) is 0 Å². The summed E-state index contributed by atoms with van der Waals surface area (Å²) in [6, 6.07) is 15.5. The van der Waals surface area contributed by atoms with Gasteiger partial charge in [0.2, 0.25) is 5.91 Å². The molecule has 2 aromatic carbocycles. The number of carbonyl (C=O) groups excluding carboxylic acids is 1. The largest absolute Gasteiger partial charge is 0.493 e. The smallest absolute Gasteiger partial charge is 0.236 e. The van der Waals surface area contributed by atoms with Crippen molar-refractivity contribution >= 4 is 12.1 Å². The van der Waals surface area contributed by atoms with E-state index in [4.69, 9.17) is 9.47 Å². The van der Waals surface area contributed by atoms with Crippen LogP contribution in [0.3, 0.4) is 0 Å². The molecule has 0 heterocycles. The molecule has 1 N–H and O–H groups in total. The Bertz CT molecular complexity index is 684. The molecule has 0 aliphatic carbocycles. The molecule has 0 fully saturated rings. The van der Waals surface area contributed by atoms with Gasteiger partial charge in [0.1, 0.15) is 6.10 Å². The van der Waals surface area contributed by atoms with Crippen molar-refractivity contribution in [1.82, 2.24) is 5.43 Å². The monoisotopic (exact) mass is 312 g/mol. The van der Waals surface area contributed by atoms with Crippen LogP contribution in [0.1, 0.15) is 31.1 Å². The molecule has 0 saturated heterocycles. The molecule has 0 radical (unpaired) electrons. The Kier molecular flexibility index (Phi) is 5.74. The lowest BCUT2D eigenvalue weighted by Gasteiger charge is -2.17. The Morgan fingerprint density at radius 2 is 1.91 bits per heavy atom. The molecule has 0 saturated carbocycles. The van der Waals surface area contributed by atoms with Gasteiger partial charge in [0, 0.05) is 6.92 Å². The second kappa shape index (κ2) is 7.98. The van der Waals surface area contributed by atoms with Crippen molar-refractivity contribution in [2.45, 2.75) is 20.0 Å². The van der Waals surface area contributed by atoms with Crippen molar-refractivity contribution in [2.75, 3.05) is 7.11 Å². The predicted molar refractivity (Wildman–Crippen MR) is 89.9 cm³/mol. The van der Waals surface area contributed by atoms with Crippen LogP contribution in [0.5, 0.6) is 11.5 Å². The van der Waals surface area contributed by atoms with E-state index in [9.17, 15) is 4.79 Å². The number of amides is 1. The fourth-order valence-corrected chi connectivity index (χ4v) is 2.04. The number of benzene rings is 2. The van der Waals surface area contributed by atoms with Gasteiger partial charge >= 0.3 is 0 Å². The second-order valence-corrected chi connectivity index (χ2v) is 5.01. The number of ether oxygens (including phenoxy) is 2. The number of nitrogens with one attached hydrogen (secondary N) is 1. The molecule has 0 bridgehead atoms. The van der Waals surface area contributed by atoms with Crippen LogP contribution in [0.2, 0.25) is 0 Å². The Hall–Kier alpha value is -2.82. The van der Waals surface area contributed by atoms with Gasteiger partial charge in [-0.3, -0.25) is 4.79 Å². The minimum Gasteiger partial charge on any atom is -0.493 e. The van der Waals surface area contributed by atoms with Crippen LogP contribution >= 0.6 is 0 Å². The number of hydrazone groups is 1. The van der Waals surface area contributed by atoms with E-state index in [-0.39, 0.29) is 12.0 Å². The van der Waals surface area contributed by atoms with Crippen molar-refractivity contribution in [2.24, 2.45) is 5.10 Å². The van der Waals surface area contributed by atoms with E-state index in [1.807, 2.05) is 49.4 Å². The number of rotatable bonds is 6. The highest BCUT2D eigenvalue weighted by Crippen LogP contribution is 2.31. The molecule has 5 nitrogen and oxygen atoms in total. The van der Waals surface area contributed by atoms with Gasteiger partial charge in [0.15, 0.2) is 11.5 Å². The van der Waals surface area contributed by atoms with E-state index in [0.29, 0.717) is 11.5 Å². The SMILES string of the molecule is COc1cc(/C=N\NC(C)=O)ccc1O[C@H](C)c1ccccc1. The number of hydrogen-bond donors (Lipinski definition) is 1. The Morgan fingerprint density at radius 3 is 2.57 bits per heavy atom. The molecule has 0 aliphatic heterocycles. The lowest BCUT2D eigenvalue weighted by atomic mass is 10.1. The van der Waals surface area contributed by atoms with Gasteiger partial charge in [-0.2, -0.15) is 5.10 Å². The van der Waals surface area contributed by atoms with Crippen molar-refractivity contribution in [1.29, 1.82) is 0 Å². The summed E-state index contributed by atoms with van der Waals surface area (Å²) in [6.45, 7) is 3.39. The van der Waals surface area contributed by atoms with Crippen molar-refractivity contribution in [3.05, 3.63) is 59.7 Å². The molecule has 23 heavy (non-hydrogen) atoms. The van der Waals surface area contributed by atoms with Crippen LogP contribution in [0.25, 0.3) is 0 Å². The van der Waals surface area contributed by atoms with Gasteiger partial charge in [0.05, 0.1) is 13.3 Å². The summed E-state index contributed by atoms with van der Waals surface area (Å²) in [5, 5.41) is 3.83. The van der Waals surface area contributed by atoms with Gasteiger partial charge in [-0.15, -0.1) is 0 Å². The normalized spacial score (nSPS) is 12.0. The third-order valence-electron chi connectivity index (χ3n) is 3.20. The minimum atomic E-state index is -0.218. The first kappa shape index (κ1) is 16.5. The summed E-state index contributed by atoms with van der Waals surface area (Å²) in [7, 11) is 1.59. The minimum absolute atomic E-state index is 0.0935. The first-order valence-electron chi connectivity index (χ1n) is 7.29. The average molecular weight is 312 g/mol. The lowest BCUT2D eigenvalue weighted by Crippen LogP contribution is -2.12. The van der Waals surface area contributed by atoms with E-state index in [1.165, 1.54) is 6.92 Å². The number of nitrogens with zero attached hydrogens (tertiary/aromatic N) is 1. The summed E-state index contributed by atoms with van der Waals surface area (Å²) in [5.74, 6) is 1.05. The Labute approximate surface area is 135 Å². The maximum atomic E-state index is 10.8. The number of carbonyl (C=O) groups is 1. The molecule has 0 unspecified atom stereocenters. The summed E-state index contributed by atoms with van der Waals surface area (Å²) in [4.78, 5) is 10.8. The summed E-state index contributed by atoms with van der Waals surface area (Å²) < 4.78 is 11.4. The first-order valence-corrected chi connectivity index (χ1v) is 7.29. The van der Waals surface area contributed by atoms with E-state index < -0.39 is 0 Å². The lowest BCUT2D eigenvalue weighted by molar-refractivity contribution is -0.118. The van der Waals surface area contributed by atoms with Crippen molar-refractivity contribution in [3.63, 3.8) is 0 Å². The maximum absolute atomic E-state index is 10.8. The molecule has 2 rings (SSSR count). The zero-order chi connectivity index (χ0) is 16.7. The van der Waals surface area contributed by atoms with E-state index in [0.717, 1.165) is 11.1 Å². The molecule has 1 atom stereocenters. The molecule has 120 valence electrons. The number of methoxy groups -OCH3 is 1. The zero-order valence-electron chi connectivity index (χ0n) is 13.4. The third-order valence-corrected chi connectivity index (χ3v) is 3.20. The van der Waals surface area contributed by atoms with Gasteiger partial charge in [0.25, 0.3) is 0 Å². The van der Waals surface area contributed by atoms with Gasteiger partial charge in [-0.25, -0.2) is 5.43 Å². The summed E-state index contributed by atoms with van der Waals surface area (Å²) in [5.41, 5.74) is 4.25. The quantitative estimate of drug-likeness (QED) is 0.657. The maximum Gasteiger partial charge on any atom is 0.236 e. The summed E-state index contributed by atoms with van der Waals surface area (Å²) in [6.07, 6.45) is 1.46. The molecule has 0 aromatic heterocycles. The number of hydrogen-bond acceptors (Lipinski definition) is 4. The molecule has 0 aliphatic rings. The average Bonchev–Trinajstić information content (AvgIpc) is 2.56. The highest BCUT2D eigenvalue weighted by Gasteiger charge is 2.11. The third kappa shape index (κ3) is 4.85. The van der Waals surface area contributed by atoms with E-state index in [1.54, 1.807) is 19.4 Å². The van der Waals surface area contributed by atoms with Crippen LogP contribution in [-0.2, 0) is 4.79 Å². The Balaban J connectivity index is 2.13. The topological polar surface area (TPSA) is 59.9 Å². The fourth-order valence-electron chi connectivity index (χ4n) is 2.04. The van der Waals surface area contributed by atoms with Crippen molar-refractivity contribution < 1.29 is 14.3 Å². The molecule has 5 heteroatoms. The van der Waals surface area contributed by atoms with Crippen LogP contribution < -0.4 is 14.9 Å². The van der Waals surface area contributed by atoms with Gasteiger partial charge in [-0.1, -0.05) is 30.3 Å². The fraction of sp³-hybridized carbons (Fsp3) is 0.222. The van der Waals surface area contributed by atoms with E-state index >= 15 is 0 Å². The predicted octanol–water partition coefficient (Wildman–Crippen LogP) is 3.31. The molecular formula is C18H20N2O3. The molecule has 2 aromatic rings. The molecule has 1 amide bonds. The van der Waals surface area contributed by atoms with Crippen LogP contribution in [-0.4, -0.2) is 19.2 Å².